The summed E-state index contributed by atoms with van der Waals surface area (Å²) in [5.74, 6) is 1.19. The van der Waals surface area contributed by atoms with E-state index in [-0.39, 0.29) is 23.4 Å². The van der Waals surface area contributed by atoms with Crippen molar-refractivity contribution < 1.29 is 9.32 Å². The van der Waals surface area contributed by atoms with Crippen LogP contribution in [0.3, 0.4) is 0 Å². The van der Waals surface area contributed by atoms with E-state index in [0.717, 1.165) is 53.1 Å². The maximum absolute atomic E-state index is 12.8. The first-order chi connectivity index (χ1) is 15.9. The summed E-state index contributed by atoms with van der Waals surface area (Å²) in [6.45, 7) is 7.81. The Balaban J connectivity index is 1.43. The van der Waals surface area contributed by atoms with Gasteiger partial charge in [-0.05, 0) is 35.7 Å². The number of H-pyrrole nitrogens is 1. The van der Waals surface area contributed by atoms with Crippen molar-refractivity contribution in [3.8, 4) is 11.1 Å². The Bertz CT molecular complexity index is 1300. The van der Waals surface area contributed by atoms with Gasteiger partial charge in [-0.3, -0.25) is 9.89 Å². The van der Waals surface area contributed by atoms with Crippen molar-refractivity contribution >= 4 is 22.6 Å². The van der Waals surface area contributed by atoms with Gasteiger partial charge in [0.05, 0.1) is 5.39 Å². The second kappa shape index (κ2) is 8.40. The van der Waals surface area contributed by atoms with E-state index in [4.69, 9.17) is 4.52 Å². The molecule has 0 amide bonds. The summed E-state index contributed by atoms with van der Waals surface area (Å²) in [6.07, 6.45) is 3.01. The number of aromatic nitrogens is 5. The number of nitrogens with one attached hydrogen (secondary N) is 3. The minimum absolute atomic E-state index is 0.114. The normalized spacial score (nSPS) is 16.4. The number of fused-ring (bicyclic) bond motifs is 1. The summed E-state index contributed by atoms with van der Waals surface area (Å²) in [7, 11) is 0. The largest absolute Gasteiger partial charge is 0.364 e. The van der Waals surface area contributed by atoms with Gasteiger partial charge in [-0.15, -0.1) is 0 Å². The van der Waals surface area contributed by atoms with Crippen molar-refractivity contribution in [3.05, 3.63) is 53.8 Å². The number of carbonyl (C=O) groups is 1. The van der Waals surface area contributed by atoms with Crippen molar-refractivity contribution in [1.29, 1.82) is 0 Å². The smallest absolute Gasteiger partial charge is 0.238 e. The van der Waals surface area contributed by atoms with Crippen molar-refractivity contribution in [2.24, 2.45) is 0 Å². The van der Waals surface area contributed by atoms with Crippen LogP contribution in [-0.2, 0) is 11.8 Å². The summed E-state index contributed by atoms with van der Waals surface area (Å²) in [5, 5.41) is 19.2. The molecule has 3 N–H and O–H groups in total. The molecule has 1 aliphatic heterocycles. The van der Waals surface area contributed by atoms with E-state index in [1.807, 2.05) is 51.1 Å². The molecular formula is C24H27N7O2. The van der Waals surface area contributed by atoms with Gasteiger partial charge in [0.25, 0.3) is 0 Å². The van der Waals surface area contributed by atoms with Crippen LogP contribution in [0.15, 0.2) is 41.1 Å². The number of anilines is 1. The van der Waals surface area contributed by atoms with E-state index in [9.17, 15) is 4.79 Å². The van der Waals surface area contributed by atoms with Gasteiger partial charge in [0.1, 0.15) is 0 Å². The van der Waals surface area contributed by atoms with Gasteiger partial charge in [-0.25, -0.2) is 4.98 Å². The SMILES string of the molecule is CC(C)(C)c1nc(C(=O)Cc2cccc(-c3ccnc4[nH]nc(NC5CCNC5)c34)c2)no1. The highest BCUT2D eigenvalue weighted by Gasteiger charge is 2.24. The molecule has 1 saturated heterocycles. The zero-order valence-electron chi connectivity index (χ0n) is 19.0. The van der Waals surface area contributed by atoms with Crippen LogP contribution in [0.1, 0.15) is 49.3 Å². The van der Waals surface area contributed by atoms with Gasteiger partial charge >= 0.3 is 0 Å². The number of benzene rings is 1. The Morgan fingerprint density at radius 2 is 2.15 bits per heavy atom. The van der Waals surface area contributed by atoms with E-state index in [2.05, 4.69) is 36.0 Å². The molecule has 1 fully saturated rings. The van der Waals surface area contributed by atoms with Gasteiger partial charge in [0.15, 0.2) is 11.5 Å². The molecule has 0 saturated carbocycles. The number of hydrogen-bond donors (Lipinski definition) is 3. The maximum atomic E-state index is 12.8. The zero-order valence-corrected chi connectivity index (χ0v) is 19.0. The summed E-state index contributed by atoms with van der Waals surface area (Å²) < 4.78 is 5.28. The quantitative estimate of drug-likeness (QED) is 0.386. The third-order valence-corrected chi connectivity index (χ3v) is 5.78. The molecule has 0 bridgehead atoms. The molecule has 1 aliphatic rings. The van der Waals surface area contributed by atoms with Crippen LogP contribution in [0.4, 0.5) is 5.82 Å². The van der Waals surface area contributed by atoms with Crippen molar-refractivity contribution in [2.75, 3.05) is 18.4 Å². The molecule has 1 unspecified atom stereocenters. The number of hydrogen-bond acceptors (Lipinski definition) is 8. The van der Waals surface area contributed by atoms with Gasteiger partial charge in [0, 0.05) is 30.6 Å². The number of aromatic amines is 1. The Morgan fingerprint density at radius 3 is 2.91 bits per heavy atom. The molecule has 1 aromatic carbocycles. The van der Waals surface area contributed by atoms with Crippen LogP contribution < -0.4 is 10.6 Å². The average Bonchev–Trinajstić information content (AvgIpc) is 3.55. The highest BCUT2D eigenvalue weighted by atomic mass is 16.5. The third kappa shape index (κ3) is 4.36. The molecule has 0 radical (unpaired) electrons. The predicted octanol–water partition coefficient (Wildman–Crippen LogP) is 3.50. The maximum Gasteiger partial charge on any atom is 0.238 e. The molecular weight excluding hydrogens is 418 g/mol. The Morgan fingerprint density at radius 1 is 1.27 bits per heavy atom. The van der Waals surface area contributed by atoms with Crippen LogP contribution in [0.5, 0.6) is 0 Å². The number of carbonyl (C=O) groups excluding carboxylic acids is 1. The summed E-state index contributed by atoms with van der Waals surface area (Å²) in [5.41, 5.74) is 3.30. The highest BCUT2D eigenvalue weighted by Crippen LogP contribution is 2.32. The van der Waals surface area contributed by atoms with Crippen LogP contribution in [-0.4, -0.2) is 50.2 Å². The lowest BCUT2D eigenvalue weighted by molar-refractivity contribution is 0.0980. The Hall–Kier alpha value is -3.59. The first kappa shape index (κ1) is 21.3. The van der Waals surface area contributed by atoms with E-state index >= 15 is 0 Å². The molecule has 33 heavy (non-hydrogen) atoms. The fourth-order valence-corrected chi connectivity index (χ4v) is 4.02. The van der Waals surface area contributed by atoms with E-state index in [1.165, 1.54) is 0 Å². The minimum atomic E-state index is -0.303. The second-order valence-corrected chi connectivity index (χ2v) is 9.46. The molecule has 5 rings (SSSR count). The lowest BCUT2D eigenvalue weighted by Gasteiger charge is -2.12. The molecule has 9 heteroatoms. The van der Waals surface area contributed by atoms with Crippen molar-refractivity contribution in [3.63, 3.8) is 0 Å². The third-order valence-electron chi connectivity index (χ3n) is 5.78. The number of nitrogens with zero attached hydrogens (tertiary/aromatic N) is 4. The molecule has 1 atom stereocenters. The van der Waals surface area contributed by atoms with E-state index < -0.39 is 0 Å². The number of rotatable bonds is 6. The van der Waals surface area contributed by atoms with Crippen molar-refractivity contribution in [2.45, 2.75) is 45.1 Å². The van der Waals surface area contributed by atoms with E-state index in [0.29, 0.717) is 11.9 Å². The fourth-order valence-electron chi connectivity index (χ4n) is 4.02. The molecule has 0 spiro atoms. The first-order valence-corrected chi connectivity index (χ1v) is 11.2. The molecule has 4 heterocycles. The van der Waals surface area contributed by atoms with Gasteiger partial charge in [0.2, 0.25) is 17.5 Å². The molecule has 0 aliphatic carbocycles. The summed E-state index contributed by atoms with van der Waals surface area (Å²) in [6, 6.07) is 10.2. The number of ketones is 1. The van der Waals surface area contributed by atoms with Crippen LogP contribution in [0.2, 0.25) is 0 Å². The average molecular weight is 446 g/mol. The Kier molecular flexibility index (Phi) is 5.41. The monoisotopic (exact) mass is 445 g/mol. The van der Waals surface area contributed by atoms with Crippen molar-refractivity contribution in [1.82, 2.24) is 30.6 Å². The second-order valence-electron chi connectivity index (χ2n) is 9.46. The first-order valence-electron chi connectivity index (χ1n) is 11.2. The van der Waals surface area contributed by atoms with Crippen LogP contribution in [0, 0.1) is 0 Å². The molecule has 3 aromatic heterocycles. The van der Waals surface area contributed by atoms with Crippen LogP contribution in [0.25, 0.3) is 22.2 Å². The molecule has 4 aromatic rings. The predicted molar refractivity (Wildman–Crippen MR) is 125 cm³/mol. The summed E-state index contributed by atoms with van der Waals surface area (Å²) in [4.78, 5) is 21.5. The fraction of sp³-hybridized carbons (Fsp3) is 0.375. The zero-order chi connectivity index (χ0) is 23.0. The van der Waals surface area contributed by atoms with Gasteiger partial charge < -0.3 is 15.2 Å². The topological polar surface area (TPSA) is 122 Å². The summed E-state index contributed by atoms with van der Waals surface area (Å²) >= 11 is 0. The molecule has 170 valence electrons. The van der Waals surface area contributed by atoms with Gasteiger partial charge in [-0.2, -0.15) is 10.1 Å². The van der Waals surface area contributed by atoms with Gasteiger partial charge in [-0.1, -0.05) is 50.2 Å². The number of pyridine rings is 1. The Labute approximate surface area is 191 Å². The number of Topliss-reactive ketones (excluding diaryl/α,β-unsaturated/α-hetero) is 1. The highest BCUT2D eigenvalue weighted by molar-refractivity contribution is 6.00. The molecule has 9 nitrogen and oxygen atoms in total. The van der Waals surface area contributed by atoms with Crippen LogP contribution >= 0.6 is 0 Å². The van der Waals surface area contributed by atoms with E-state index in [1.54, 1.807) is 6.20 Å². The lowest BCUT2D eigenvalue weighted by atomic mass is 9.97. The standard InChI is InChI=1S/C24H27N7O2/c1-24(2,3)23-28-20(31-33-23)18(32)12-14-5-4-6-15(11-14)17-8-10-26-21-19(17)22(30-29-21)27-16-7-9-25-13-16/h4-6,8,10-11,16,25H,7,9,12-13H2,1-3H3,(H2,26,27,29,30). The lowest BCUT2D eigenvalue weighted by Crippen LogP contribution is -2.22. The minimum Gasteiger partial charge on any atom is -0.364 e.